The number of hydrogen-bond acceptors (Lipinski definition) is 2. The second-order valence-electron chi connectivity index (χ2n) is 3.27. The maximum atomic E-state index is 10.3. The number of benzene rings is 1. The first-order valence-corrected chi connectivity index (χ1v) is 4.03. The Balaban J connectivity index is 2.30. The molecule has 1 saturated carbocycles. The van der Waals surface area contributed by atoms with Crippen LogP contribution in [0.5, 0.6) is 0 Å². The molecular weight excluding hydrogens is 152 g/mol. The molecule has 2 heteroatoms. The maximum absolute atomic E-state index is 10.3. The smallest absolute Gasteiger partial charge is 0.150 e. The molecule has 1 aliphatic rings. The minimum atomic E-state index is -0.582. The van der Waals surface area contributed by atoms with Gasteiger partial charge in [0.2, 0.25) is 0 Å². The normalized spacial score (nSPS) is 18.8. The minimum absolute atomic E-state index is 0.582. The monoisotopic (exact) mass is 162 g/mol. The van der Waals surface area contributed by atoms with Crippen LogP contribution in [0.2, 0.25) is 0 Å². The number of carbonyl (C=O) groups excluding carboxylic acids is 1. The summed E-state index contributed by atoms with van der Waals surface area (Å²) in [5.74, 6) is 0. The van der Waals surface area contributed by atoms with Crippen LogP contribution in [0.25, 0.3) is 0 Å². The van der Waals surface area contributed by atoms with Crippen molar-refractivity contribution in [3.05, 3.63) is 35.4 Å². The van der Waals surface area contributed by atoms with Crippen LogP contribution in [-0.2, 0) is 5.60 Å². The fourth-order valence-electron chi connectivity index (χ4n) is 1.28. The molecule has 0 heterocycles. The number of aliphatic hydroxyl groups is 1. The van der Waals surface area contributed by atoms with E-state index < -0.39 is 5.60 Å². The second-order valence-corrected chi connectivity index (χ2v) is 3.27. The molecule has 0 saturated heterocycles. The van der Waals surface area contributed by atoms with Gasteiger partial charge in [0.1, 0.15) is 6.29 Å². The Kier molecular flexibility index (Phi) is 1.51. The van der Waals surface area contributed by atoms with Gasteiger partial charge in [-0.2, -0.15) is 0 Å². The van der Waals surface area contributed by atoms with Gasteiger partial charge in [-0.25, -0.2) is 0 Å². The van der Waals surface area contributed by atoms with Crippen molar-refractivity contribution in [2.45, 2.75) is 18.4 Å². The standard InChI is InChI=1S/C10H10O2/c11-7-8-1-3-9(4-2-8)10(12)5-6-10/h1-4,7,12H,5-6H2. The van der Waals surface area contributed by atoms with Gasteiger partial charge in [0.25, 0.3) is 0 Å². The van der Waals surface area contributed by atoms with Crippen LogP contribution >= 0.6 is 0 Å². The Morgan fingerprint density at radius 3 is 2.25 bits per heavy atom. The predicted octanol–water partition coefficient (Wildman–Crippen LogP) is 1.48. The third-order valence-electron chi connectivity index (χ3n) is 2.31. The number of hydrogen-bond donors (Lipinski definition) is 1. The minimum Gasteiger partial charge on any atom is -0.385 e. The van der Waals surface area contributed by atoms with Crippen LogP contribution in [-0.4, -0.2) is 11.4 Å². The first-order valence-electron chi connectivity index (χ1n) is 4.03. The van der Waals surface area contributed by atoms with Crippen LogP contribution in [0.15, 0.2) is 24.3 Å². The van der Waals surface area contributed by atoms with E-state index in [4.69, 9.17) is 0 Å². The molecule has 0 unspecified atom stereocenters. The highest BCUT2D eigenvalue weighted by atomic mass is 16.3. The number of carbonyl (C=O) groups is 1. The zero-order chi connectivity index (χ0) is 8.60. The lowest BCUT2D eigenvalue weighted by molar-refractivity contribution is 0.112. The zero-order valence-corrected chi connectivity index (χ0v) is 6.66. The van der Waals surface area contributed by atoms with E-state index in [-0.39, 0.29) is 0 Å². The van der Waals surface area contributed by atoms with Crippen LogP contribution in [0.3, 0.4) is 0 Å². The summed E-state index contributed by atoms with van der Waals surface area (Å²) >= 11 is 0. The Morgan fingerprint density at radius 2 is 1.83 bits per heavy atom. The fourth-order valence-corrected chi connectivity index (χ4v) is 1.28. The summed E-state index contributed by atoms with van der Waals surface area (Å²) in [4.78, 5) is 10.3. The lowest BCUT2D eigenvalue weighted by Gasteiger charge is -2.06. The van der Waals surface area contributed by atoms with Gasteiger partial charge in [0.05, 0.1) is 5.60 Å². The highest BCUT2D eigenvalue weighted by Crippen LogP contribution is 2.44. The molecule has 0 aliphatic heterocycles. The van der Waals surface area contributed by atoms with E-state index in [2.05, 4.69) is 0 Å². The largest absolute Gasteiger partial charge is 0.385 e. The quantitative estimate of drug-likeness (QED) is 0.669. The molecule has 0 spiro atoms. The third kappa shape index (κ3) is 1.14. The molecule has 0 atom stereocenters. The summed E-state index contributed by atoms with van der Waals surface area (Å²) in [7, 11) is 0. The van der Waals surface area contributed by atoms with Gasteiger partial charge < -0.3 is 5.11 Å². The number of aldehydes is 1. The summed E-state index contributed by atoms with van der Waals surface area (Å²) in [5, 5.41) is 9.68. The van der Waals surface area contributed by atoms with Gasteiger partial charge in [-0.05, 0) is 18.4 Å². The molecule has 2 nitrogen and oxygen atoms in total. The van der Waals surface area contributed by atoms with Gasteiger partial charge in [-0.1, -0.05) is 24.3 Å². The van der Waals surface area contributed by atoms with Crippen molar-refractivity contribution in [2.75, 3.05) is 0 Å². The van der Waals surface area contributed by atoms with Crippen molar-refractivity contribution >= 4 is 6.29 Å². The highest BCUT2D eigenvalue weighted by Gasteiger charge is 2.41. The molecule has 1 N–H and O–H groups in total. The average Bonchev–Trinajstić information content (AvgIpc) is 2.85. The van der Waals surface area contributed by atoms with E-state index >= 15 is 0 Å². The molecular formula is C10H10O2. The summed E-state index contributed by atoms with van der Waals surface area (Å²) in [5.41, 5.74) is 0.998. The second kappa shape index (κ2) is 2.42. The highest BCUT2D eigenvalue weighted by molar-refractivity contribution is 5.74. The predicted molar refractivity (Wildman–Crippen MR) is 45.0 cm³/mol. The molecule has 12 heavy (non-hydrogen) atoms. The first-order chi connectivity index (χ1) is 5.74. The van der Waals surface area contributed by atoms with Crippen molar-refractivity contribution in [3.8, 4) is 0 Å². The molecule has 0 amide bonds. The van der Waals surface area contributed by atoms with Crippen molar-refractivity contribution in [3.63, 3.8) is 0 Å². The van der Waals surface area contributed by atoms with Crippen LogP contribution < -0.4 is 0 Å². The van der Waals surface area contributed by atoms with E-state index in [0.717, 1.165) is 24.7 Å². The molecule has 1 aromatic rings. The molecule has 2 rings (SSSR count). The summed E-state index contributed by atoms with van der Waals surface area (Å²) in [6.45, 7) is 0. The average molecular weight is 162 g/mol. The molecule has 0 bridgehead atoms. The van der Waals surface area contributed by atoms with E-state index in [1.807, 2.05) is 12.1 Å². The molecule has 1 aromatic carbocycles. The van der Waals surface area contributed by atoms with Gasteiger partial charge >= 0.3 is 0 Å². The first kappa shape index (κ1) is 7.50. The molecule has 0 radical (unpaired) electrons. The van der Waals surface area contributed by atoms with Crippen molar-refractivity contribution in [2.24, 2.45) is 0 Å². The molecule has 1 aliphatic carbocycles. The van der Waals surface area contributed by atoms with Crippen LogP contribution in [0.1, 0.15) is 28.8 Å². The summed E-state index contributed by atoms with van der Waals surface area (Å²) < 4.78 is 0. The van der Waals surface area contributed by atoms with E-state index in [1.165, 1.54) is 0 Å². The Labute approximate surface area is 70.8 Å². The van der Waals surface area contributed by atoms with Crippen molar-refractivity contribution in [1.82, 2.24) is 0 Å². The Morgan fingerprint density at radius 1 is 1.25 bits per heavy atom. The van der Waals surface area contributed by atoms with Gasteiger partial charge in [0, 0.05) is 5.56 Å². The lowest BCUT2D eigenvalue weighted by Crippen LogP contribution is -2.03. The fraction of sp³-hybridized carbons (Fsp3) is 0.300. The SMILES string of the molecule is O=Cc1ccc(C2(O)CC2)cc1. The molecule has 0 aromatic heterocycles. The summed E-state index contributed by atoms with van der Waals surface area (Å²) in [6, 6.07) is 7.10. The van der Waals surface area contributed by atoms with E-state index in [1.54, 1.807) is 12.1 Å². The van der Waals surface area contributed by atoms with E-state index in [0.29, 0.717) is 5.56 Å². The van der Waals surface area contributed by atoms with Gasteiger partial charge in [-0.15, -0.1) is 0 Å². The van der Waals surface area contributed by atoms with E-state index in [9.17, 15) is 9.90 Å². The number of rotatable bonds is 2. The van der Waals surface area contributed by atoms with Crippen LogP contribution in [0.4, 0.5) is 0 Å². The maximum Gasteiger partial charge on any atom is 0.150 e. The molecule has 1 fully saturated rings. The Bertz CT molecular complexity index is 296. The van der Waals surface area contributed by atoms with Crippen molar-refractivity contribution in [1.29, 1.82) is 0 Å². The third-order valence-corrected chi connectivity index (χ3v) is 2.31. The van der Waals surface area contributed by atoms with Crippen molar-refractivity contribution < 1.29 is 9.90 Å². The Hall–Kier alpha value is -1.15. The van der Waals surface area contributed by atoms with Gasteiger partial charge in [-0.3, -0.25) is 4.79 Å². The topological polar surface area (TPSA) is 37.3 Å². The summed E-state index contributed by atoms with van der Waals surface area (Å²) in [6.07, 6.45) is 2.49. The van der Waals surface area contributed by atoms with Gasteiger partial charge in [0.15, 0.2) is 0 Å². The lowest BCUT2D eigenvalue weighted by atomic mass is 10.1. The zero-order valence-electron chi connectivity index (χ0n) is 6.66. The molecule has 62 valence electrons. The van der Waals surface area contributed by atoms with Crippen LogP contribution in [0, 0.1) is 0 Å².